The molecule has 1 heterocycles. The molecular weight excluding hydrogens is 360 g/mol. The first-order valence-corrected chi connectivity index (χ1v) is 9.64. The molecule has 3 aromatic carbocycles. The van der Waals surface area contributed by atoms with Crippen LogP contribution in [0.25, 0.3) is 6.08 Å². The number of hydrogen-bond acceptors (Lipinski definition) is 3. The van der Waals surface area contributed by atoms with Crippen molar-refractivity contribution in [2.45, 2.75) is 20.0 Å². The van der Waals surface area contributed by atoms with Gasteiger partial charge in [-0.2, -0.15) is 0 Å². The molecule has 0 aromatic heterocycles. The van der Waals surface area contributed by atoms with Crippen molar-refractivity contribution in [3.8, 4) is 5.75 Å². The molecule has 4 nitrogen and oxygen atoms in total. The van der Waals surface area contributed by atoms with Crippen molar-refractivity contribution in [1.82, 2.24) is 0 Å². The van der Waals surface area contributed by atoms with Crippen LogP contribution in [-0.4, -0.2) is 17.8 Å². The molecule has 1 aliphatic rings. The van der Waals surface area contributed by atoms with Gasteiger partial charge in [0.15, 0.2) is 0 Å². The maximum atomic E-state index is 13.2. The smallest absolute Gasteiger partial charge is 0.282 e. The Hall–Kier alpha value is -3.66. The van der Waals surface area contributed by atoms with Gasteiger partial charge in [-0.15, -0.1) is 0 Å². The van der Waals surface area contributed by atoms with Gasteiger partial charge in [0.25, 0.3) is 5.91 Å². The van der Waals surface area contributed by atoms with Crippen molar-refractivity contribution in [2.75, 3.05) is 4.90 Å². The third-order valence-corrected chi connectivity index (χ3v) is 4.46. The van der Waals surface area contributed by atoms with Crippen LogP contribution in [0, 0.1) is 0 Å². The quantitative estimate of drug-likeness (QED) is 0.561. The number of carbonyl (C=O) groups is 1. The molecule has 1 aliphatic heterocycles. The number of aliphatic imine (C=N–C) groups is 1. The maximum absolute atomic E-state index is 13.2. The molecule has 0 saturated heterocycles. The minimum atomic E-state index is -0.141. The van der Waals surface area contributed by atoms with Crippen molar-refractivity contribution in [1.29, 1.82) is 0 Å². The van der Waals surface area contributed by atoms with Gasteiger partial charge in [0.2, 0.25) is 0 Å². The van der Waals surface area contributed by atoms with Crippen LogP contribution in [0.15, 0.2) is 95.6 Å². The van der Waals surface area contributed by atoms with Gasteiger partial charge in [-0.05, 0) is 49.8 Å². The highest BCUT2D eigenvalue weighted by Crippen LogP contribution is 2.28. The summed E-state index contributed by atoms with van der Waals surface area (Å²) < 4.78 is 5.69. The standard InChI is InChI=1S/C25H22N2O2/c1-18(2)29-22-15-13-19(14-16-22)17-23-25(28)27(21-11-7-4-8-12-21)24(26-23)20-9-5-3-6-10-20/h3-18H,1-2H3/b23-17+. The van der Waals surface area contributed by atoms with E-state index in [4.69, 9.17) is 4.74 Å². The Balaban J connectivity index is 1.71. The number of amides is 1. The molecule has 1 amide bonds. The minimum Gasteiger partial charge on any atom is -0.491 e. The van der Waals surface area contributed by atoms with E-state index in [1.165, 1.54) is 0 Å². The first kappa shape index (κ1) is 18.7. The van der Waals surface area contributed by atoms with Crippen LogP contribution >= 0.6 is 0 Å². The second-order valence-corrected chi connectivity index (χ2v) is 7.04. The summed E-state index contributed by atoms with van der Waals surface area (Å²) in [5, 5.41) is 0. The molecule has 0 atom stereocenters. The summed E-state index contributed by atoms with van der Waals surface area (Å²) in [4.78, 5) is 19.6. The summed E-state index contributed by atoms with van der Waals surface area (Å²) >= 11 is 0. The van der Waals surface area contributed by atoms with Crippen molar-refractivity contribution >= 4 is 23.5 Å². The van der Waals surface area contributed by atoms with Gasteiger partial charge < -0.3 is 4.74 Å². The largest absolute Gasteiger partial charge is 0.491 e. The van der Waals surface area contributed by atoms with Gasteiger partial charge in [0.1, 0.15) is 17.3 Å². The van der Waals surface area contributed by atoms with Crippen LogP contribution in [-0.2, 0) is 4.79 Å². The van der Waals surface area contributed by atoms with Gasteiger partial charge >= 0.3 is 0 Å². The lowest BCUT2D eigenvalue weighted by Gasteiger charge is -2.18. The Morgan fingerprint density at radius 3 is 2.10 bits per heavy atom. The van der Waals surface area contributed by atoms with Crippen LogP contribution < -0.4 is 9.64 Å². The molecule has 0 radical (unpaired) electrons. The molecule has 0 unspecified atom stereocenters. The molecule has 0 fully saturated rings. The van der Waals surface area contributed by atoms with Gasteiger partial charge in [0, 0.05) is 5.56 Å². The fourth-order valence-corrected chi connectivity index (χ4v) is 3.19. The molecule has 0 bridgehead atoms. The summed E-state index contributed by atoms with van der Waals surface area (Å²) in [5.74, 6) is 1.30. The molecule has 3 aromatic rings. The number of carbonyl (C=O) groups excluding carboxylic acids is 1. The van der Waals surface area contributed by atoms with Gasteiger partial charge in [-0.25, -0.2) is 4.99 Å². The molecule has 0 aliphatic carbocycles. The predicted molar refractivity (Wildman–Crippen MR) is 117 cm³/mol. The summed E-state index contributed by atoms with van der Waals surface area (Å²) in [6.07, 6.45) is 1.93. The summed E-state index contributed by atoms with van der Waals surface area (Å²) in [6, 6.07) is 27.0. The second-order valence-electron chi connectivity index (χ2n) is 7.04. The third-order valence-electron chi connectivity index (χ3n) is 4.46. The fraction of sp³-hybridized carbons (Fsp3) is 0.120. The molecule has 4 heteroatoms. The van der Waals surface area contributed by atoms with E-state index in [0.717, 1.165) is 22.6 Å². The predicted octanol–water partition coefficient (Wildman–Crippen LogP) is 5.31. The van der Waals surface area contributed by atoms with Crippen molar-refractivity contribution in [3.05, 3.63) is 102 Å². The van der Waals surface area contributed by atoms with Crippen LogP contribution in [0.5, 0.6) is 5.75 Å². The van der Waals surface area contributed by atoms with Gasteiger partial charge in [0.05, 0.1) is 11.8 Å². The molecule has 0 N–H and O–H groups in total. The van der Waals surface area contributed by atoms with E-state index in [2.05, 4.69) is 4.99 Å². The average Bonchev–Trinajstić information content (AvgIpc) is 3.06. The number of nitrogens with zero attached hydrogens (tertiary/aromatic N) is 2. The Labute approximate surface area is 170 Å². The SMILES string of the molecule is CC(C)Oc1ccc(/C=C2/N=C(c3ccccc3)N(c3ccccc3)C2=O)cc1. The van der Waals surface area contributed by atoms with Crippen LogP contribution in [0.3, 0.4) is 0 Å². The molecular formula is C25H22N2O2. The number of amidine groups is 1. The normalized spacial score (nSPS) is 15.1. The van der Waals surface area contributed by atoms with E-state index in [-0.39, 0.29) is 12.0 Å². The van der Waals surface area contributed by atoms with Crippen molar-refractivity contribution in [2.24, 2.45) is 4.99 Å². The van der Waals surface area contributed by atoms with Crippen LogP contribution in [0.4, 0.5) is 5.69 Å². The average molecular weight is 382 g/mol. The van der Waals surface area contributed by atoms with E-state index < -0.39 is 0 Å². The summed E-state index contributed by atoms with van der Waals surface area (Å²) in [5.41, 5.74) is 3.00. The third kappa shape index (κ3) is 4.11. The van der Waals surface area contributed by atoms with E-state index >= 15 is 0 Å². The number of ether oxygens (including phenoxy) is 1. The van der Waals surface area contributed by atoms with Crippen molar-refractivity contribution < 1.29 is 9.53 Å². The zero-order chi connectivity index (χ0) is 20.2. The second kappa shape index (κ2) is 8.15. The number of para-hydroxylation sites is 1. The number of rotatable bonds is 5. The van der Waals surface area contributed by atoms with E-state index in [1.54, 1.807) is 4.90 Å². The highest BCUT2D eigenvalue weighted by molar-refractivity contribution is 6.33. The lowest BCUT2D eigenvalue weighted by atomic mass is 10.1. The molecule has 0 spiro atoms. The summed E-state index contributed by atoms with van der Waals surface area (Å²) in [6.45, 7) is 3.98. The fourth-order valence-electron chi connectivity index (χ4n) is 3.19. The Morgan fingerprint density at radius 2 is 1.48 bits per heavy atom. The van der Waals surface area contributed by atoms with Crippen LogP contribution in [0.1, 0.15) is 25.0 Å². The monoisotopic (exact) mass is 382 g/mol. The molecule has 29 heavy (non-hydrogen) atoms. The zero-order valence-electron chi connectivity index (χ0n) is 16.4. The van der Waals surface area contributed by atoms with Crippen LogP contribution in [0.2, 0.25) is 0 Å². The first-order chi connectivity index (χ1) is 14.1. The Bertz CT molecular complexity index is 1050. The lowest BCUT2D eigenvalue weighted by molar-refractivity contribution is -0.113. The lowest BCUT2D eigenvalue weighted by Crippen LogP contribution is -2.32. The molecule has 144 valence electrons. The zero-order valence-corrected chi connectivity index (χ0v) is 16.4. The first-order valence-electron chi connectivity index (χ1n) is 9.64. The number of hydrogen-bond donors (Lipinski definition) is 0. The molecule has 0 saturated carbocycles. The van der Waals surface area contributed by atoms with E-state index in [9.17, 15) is 4.79 Å². The minimum absolute atomic E-state index is 0.119. The van der Waals surface area contributed by atoms with Gasteiger partial charge in [-0.3, -0.25) is 9.69 Å². The highest BCUT2D eigenvalue weighted by atomic mass is 16.5. The number of benzene rings is 3. The summed E-state index contributed by atoms with van der Waals surface area (Å²) in [7, 11) is 0. The Kier molecular flexibility index (Phi) is 5.25. The van der Waals surface area contributed by atoms with E-state index in [0.29, 0.717) is 11.5 Å². The topological polar surface area (TPSA) is 41.9 Å². The number of anilines is 1. The molecule has 4 rings (SSSR count). The van der Waals surface area contributed by atoms with E-state index in [1.807, 2.05) is 105 Å². The van der Waals surface area contributed by atoms with Crippen molar-refractivity contribution in [3.63, 3.8) is 0 Å². The Morgan fingerprint density at radius 1 is 0.862 bits per heavy atom. The van der Waals surface area contributed by atoms with Gasteiger partial charge in [-0.1, -0.05) is 60.7 Å². The maximum Gasteiger partial charge on any atom is 0.282 e. The highest BCUT2D eigenvalue weighted by Gasteiger charge is 2.32.